The van der Waals surface area contributed by atoms with Crippen molar-refractivity contribution in [2.24, 2.45) is 0 Å². The highest BCUT2D eigenvalue weighted by Crippen LogP contribution is 2.41. The highest BCUT2D eigenvalue weighted by molar-refractivity contribution is 6.30. The maximum absolute atomic E-state index is 14.2. The van der Waals surface area contributed by atoms with E-state index >= 15 is 0 Å². The zero-order valence-corrected chi connectivity index (χ0v) is 21.7. The number of hydrogen-bond acceptors (Lipinski definition) is 3. The number of hydrogen-bond donors (Lipinski definition) is 1. The summed E-state index contributed by atoms with van der Waals surface area (Å²) < 4.78 is 19.6. The largest absolute Gasteiger partial charge is 0.506 e. The fourth-order valence-electron chi connectivity index (χ4n) is 4.43. The third-order valence-electron chi connectivity index (χ3n) is 6.19. The smallest absolute Gasteiger partial charge is 0.134 e. The summed E-state index contributed by atoms with van der Waals surface area (Å²) in [5.41, 5.74) is 8.18. The van der Waals surface area contributed by atoms with Crippen molar-refractivity contribution in [1.29, 1.82) is 0 Å². The summed E-state index contributed by atoms with van der Waals surface area (Å²) in [7, 11) is 0. The first-order valence-electron chi connectivity index (χ1n) is 12.0. The van der Waals surface area contributed by atoms with Crippen LogP contribution in [-0.4, -0.2) is 16.7 Å². The van der Waals surface area contributed by atoms with E-state index < -0.39 is 0 Å². The molecule has 0 saturated carbocycles. The normalized spacial score (nSPS) is 12.9. The zero-order valence-electron chi connectivity index (χ0n) is 20.9. The van der Waals surface area contributed by atoms with Gasteiger partial charge in [0.15, 0.2) is 0 Å². The minimum Gasteiger partial charge on any atom is -0.506 e. The van der Waals surface area contributed by atoms with Gasteiger partial charge in [-0.05, 0) is 111 Å². The molecule has 0 amide bonds. The molecule has 3 nitrogen and oxygen atoms in total. The Balaban J connectivity index is 0.000000287. The Bertz CT molecular complexity index is 1250. The summed E-state index contributed by atoms with van der Waals surface area (Å²) in [6.07, 6.45) is 5.29. The van der Waals surface area contributed by atoms with Gasteiger partial charge in [0.25, 0.3) is 0 Å². The van der Waals surface area contributed by atoms with Crippen LogP contribution in [0.5, 0.6) is 5.75 Å². The van der Waals surface area contributed by atoms with Crippen molar-refractivity contribution in [3.8, 4) is 5.75 Å². The predicted molar refractivity (Wildman–Crippen MR) is 144 cm³/mol. The lowest BCUT2D eigenvalue weighted by Gasteiger charge is -2.13. The van der Waals surface area contributed by atoms with E-state index in [9.17, 15) is 9.50 Å². The van der Waals surface area contributed by atoms with E-state index in [0.29, 0.717) is 17.9 Å². The van der Waals surface area contributed by atoms with E-state index in [4.69, 9.17) is 16.3 Å². The summed E-state index contributed by atoms with van der Waals surface area (Å²) in [5.74, 6) is 0.306. The lowest BCUT2D eigenvalue weighted by atomic mass is 9.95. The second-order valence-corrected chi connectivity index (χ2v) is 9.08. The zero-order chi connectivity index (χ0) is 25.5. The predicted octanol–water partition coefficient (Wildman–Crippen LogP) is 8.55. The molecule has 0 bridgehead atoms. The molecular formula is C30H33ClFNO2. The Kier molecular flexibility index (Phi) is 9.11. The van der Waals surface area contributed by atoms with Gasteiger partial charge >= 0.3 is 0 Å². The molecule has 0 spiro atoms. The van der Waals surface area contributed by atoms with E-state index in [2.05, 4.69) is 31.5 Å². The molecule has 0 saturated heterocycles. The Morgan fingerprint density at radius 3 is 2.51 bits per heavy atom. The van der Waals surface area contributed by atoms with Crippen molar-refractivity contribution in [2.45, 2.75) is 53.4 Å². The van der Waals surface area contributed by atoms with Crippen LogP contribution in [0.4, 0.5) is 4.39 Å². The first-order valence-corrected chi connectivity index (χ1v) is 12.4. The van der Waals surface area contributed by atoms with Crippen LogP contribution in [0.2, 0.25) is 5.02 Å². The van der Waals surface area contributed by atoms with Crippen LogP contribution in [0.25, 0.3) is 16.9 Å². The summed E-state index contributed by atoms with van der Waals surface area (Å²) in [4.78, 5) is 4.25. The Morgan fingerprint density at radius 1 is 1.09 bits per heavy atom. The van der Waals surface area contributed by atoms with Gasteiger partial charge in [-0.15, -0.1) is 0 Å². The van der Waals surface area contributed by atoms with E-state index in [-0.39, 0.29) is 11.6 Å². The van der Waals surface area contributed by atoms with Crippen molar-refractivity contribution in [2.75, 3.05) is 6.61 Å². The minimum atomic E-state index is -0.308. The molecule has 5 heteroatoms. The van der Waals surface area contributed by atoms with Gasteiger partial charge in [0.05, 0.1) is 12.8 Å². The van der Waals surface area contributed by atoms with E-state index in [1.54, 1.807) is 12.1 Å². The fraction of sp³-hybridized carbons (Fsp3) is 0.300. The molecule has 1 aliphatic rings. The van der Waals surface area contributed by atoms with Crippen molar-refractivity contribution in [3.63, 3.8) is 0 Å². The second-order valence-electron chi connectivity index (χ2n) is 8.65. The molecule has 0 aliphatic heterocycles. The first kappa shape index (κ1) is 26.5. The molecule has 35 heavy (non-hydrogen) atoms. The van der Waals surface area contributed by atoms with Crippen LogP contribution in [0.3, 0.4) is 0 Å². The molecule has 1 heterocycles. The molecular weight excluding hydrogens is 461 g/mol. The highest BCUT2D eigenvalue weighted by atomic mass is 35.5. The number of halogens is 2. The molecule has 184 valence electrons. The van der Waals surface area contributed by atoms with Crippen LogP contribution in [0.1, 0.15) is 66.6 Å². The van der Waals surface area contributed by atoms with Gasteiger partial charge in [-0.1, -0.05) is 31.2 Å². The number of rotatable bonds is 6. The molecule has 1 aliphatic carbocycles. The van der Waals surface area contributed by atoms with E-state index in [0.717, 1.165) is 58.7 Å². The van der Waals surface area contributed by atoms with Crippen molar-refractivity contribution < 1.29 is 14.2 Å². The van der Waals surface area contributed by atoms with Crippen LogP contribution < -0.4 is 0 Å². The molecule has 2 aromatic carbocycles. The molecule has 3 aromatic rings. The van der Waals surface area contributed by atoms with Crippen molar-refractivity contribution in [1.82, 2.24) is 4.98 Å². The van der Waals surface area contributed by atoms with Crippen LogP contribution in [-0.2, 0) is 11.2 Å². The molecule has 0 radical (unpaired) electrons. The molecule has 0 fully saturated rings. The third-order valence-corrected chi connectivity index (χ3v) is 6.42. The van der Waals surface area contributed by atoms with Gasteiger partial charge < -0.3 is 9.84 Å². The van der Waals surface area contributed by atoms with Gasteiger partial charge in [-0.25, -0.2) is 4.39 Å². The maximum atomic E-state index is 14.2. The maximum Gasteiger partial charge on any atom is 0.134 e. The van der Waals surface area contributed by atoms with Gasteiger partial charge in [0, 0.05) is 21.8 Å². The average molecular weight is 494 g/mol. The molecule has 4 rings (SSSR count). The second kappa shape index (κ2) is 12.0. The highest BCUT2D eigenvalue weighted by Gasteiger charge is 2.21. The number of pyridine rings is 1. The van der Waals surface area contributed by atoms with Gasteiger partial charge in [0.2, 0.25) is 0 Å². The van der Waals surface area contributed by atoms with Crippen LogP contribution in [0.15, 0.2) is 55.2 Å². The van der Waals surface area contributed by atoms with Crippen LogP contribution in [0, 0.1) is 19.7 Å². The standard InChI is InChI=1S/C21H22FNO2.C9H11Cl/c1-4-25-14(3)15-8-16(10-17(22)9-15)19-6-5-7-20(19)21-11-18(24)12-23-13(21)2;1-3-8-4-5-9(10)6-7(8)2/h8-12,24H,3-7H2,1-2H3;4-6H,3H2,1-2H3. The topological polar surface area (TPSA) is 42.4 Å². The Labute approximate surface area is 213 Å². The summed E-state index contributed by atoms with van der Waals surface area (Å²) in [6.45, 7) is 12.4. The molecule has 1 N–H and O–H groups in total. The first-order chi connectivity index (χ1) is 16.7. The number of ether oxygens (including phenoxy) is 1. The average Bonchev–Trinajstić information content (AvgIpc) is 3.31. The summed E-state index contributed by atoms with van der Waals surface area (Å²) in [6, 6.07) is 12.7. The fourth-order valence-corrected chi connectivity index (χ4v) is 4.65. The van der Waals surface area contributed by atoms with E-state index in [1.807, 2.05) is 32.0 Å². The summed E-state index contributed by atoms with van der Waals surface area (Å²) in [5, 5.41) is 10.6. The van der Waals surface area contributed by atoms with Gasteiger partial charge in [0.1, 0.15) is 17.3 Å². The SMILES string of the molecule is C=C(OCC)c1cc(F)cc(C2=C(c3cc(O)cnc3C)CCC2)c1.CCc1ccc(Cl)cc1C. The molecule has 0 unspecified atom stereocenters. The Morgan fingerprint density at radius 2 is 1.83 bits per heavy atom. The summed E-state index contributed by atoms with van der Waals surface area (Å²) >= 11 is 5.77. The van der Waals surface area contributed by atoms with Gasteiger partial charge in [-0.2, -0.15) is 0 Å². The van der Waals surface area contributed by atoms with E-state index in [1.165, 1.54) is 23.4 Å². The number of allylic oxidation sites excluding steroid dienone is 2. The molecule has 1 aromatic heterocycles. The third kappa shape index (κ3) is 6.73. The number of benzene rings is 2. The quantitative estimate of drug-likeness (QED) is 0.350. The van der Waals surface area contributed by atoms with Crippen molar-refractivity contribution in [3.05, 3.63) is 99.6 Å². The number of aromatic nitrogens is 1. The lowest BCUT2D eigenvalue weighted by Crippen LogP contribution is -1.96. The lowest BCUT2D eigenvalue weighted by molar-refractivity contribution is 0.299. The molecule has 0 atom stereocenters. The number of aromatic hydroxyl groups is 1. The van der Waals surface area contributed by atoms with Gasteiger partial charge in [-0.3, -0.25) is 4.98 Å². The minimum absolute atomic E-state index is 0.143. The monoisotopic (exact) mass is 493 g/mol. The van der Waals surface area contributed by atoms with Crippen molar-refractivity contribution >= 4 is 28.5 Å². The Hall–Kier alpha value is -3.11. The number of aryl methyl sites for hydroxylation is 3. The number of nitrogens with zero attached hydrogens (tertiary/aromatic N) is 1. The van der Waals surface area contributed by atoms with Crippen LogP contribution >= 0.6 is 11.6 Å².